The third kappa shape index (κ3) is 18.7. The van der Waals surface area contributed by atoms with Crippen LogP contribution >= 0.6 is 11.6 Å². The van der Waals surface area contributed by atoms with E-state index in [1.54, 1.807) is 38.5 Å². The highest BCUT2D eigenvalue weighted by atomic mass is 35.5. The summed E-state index contributed by atoms with van der Waals surface area (Å²) in [5, 5.41) is 27.4. The molecule has 0 bridgehead atoms. The van der Waals surface area contributed by atoms with Crippen LogP contribution in [0.25, 0.3) is 0 Å². The number of Topliss-reactive ketones (excluding diaryl/α,β-unsaturated/α-hetero) is 1. The molecule has 4 amide bonds. The van der Waals surface area contributed by atoms with E-state index in [-0.39, 0.29) is 42.2 Å². The van der Waals surface area contributed by atoms with Crippen LogP contribution in [0.1, 0.15) is 105 Å². The molecular weight excluding hydrogens is 609 g/mol. The lowest BCUT2D eigenvalue weighted by atomic mass is 9.63. The smallest absolute Gasteiger partial charge is 0.242 e. The van der Waals surface area contributed by atoms with Crippen LogP contribution in [0.2, 0.25) is 5.02 Å². The van der Waals surface area contributed by atoms with Crippen LogP contribution in [0.5, 0.6) is 0 Å². The molecule has 0 heterocycles. The van der Waals surface area contributed by atoms with Gasteiger partial charge in [-0.3, -0.25) is 24.0 Å². The zero-order valence-corrected chi connectivity index (χ0v) is 29.0. The van der Waals surface area contributed by atoms with Crippen molar-refractivity contribution in [3.05, 3.63) is 34.9 Å². The number of nitrogens with one attached hydrogen (secondary N) is 4. The van der Waals surface area contributed by atoms with E-state index in [2.05, 4.69) is 21.7 Å². The van der Waals surface area contributed by atoms with Gasteiger partial charge in [0.25, 0.3) is 0 Å². The molecule has 257 valence electrons. The quantitative estimate of drug-likeness (QED) is 0.0943. The molecule has 7 N–H and O–H groups in total. The van der Waals surface area contributed by atoms with Gasteiger partial charge in [-0.1, -0.05) is 84.0 Å². The van der Waals surface area contributed by atoms with Crippen molar-refractivity contribution in [1.29, 1.82) is 5.41 Å². The minimum absolute atomic E-state index is 0.0222. The van der Waals surface area contributed by atoms with Gasteiger partial charge in [-0.25, -0.2) is 0 Å². The van der Waals surface area contributed by atoms with Gasteiger partial charge in [-0.05, 0) is 61.2 Å². The molecule has 1 aliphatic rings. The van der Waals surface area contributed by atoms with Crippen molar-refractivity contribution in [2.75, 3.05) is 0 Å². The first-order valence-corrected chi connectivity index (χ1v) is 16.3. The van der Waals surface area contributed by atoms with Crippen LogP contribution in [-0.4, -0.2) is 72.5 Å². The number of aliphatic hydroxyl groups excluding tert-OH is 1. The van der Waals surface area contributed by atoms with Gasteiger partial charge in [0.15, 0.2) is 13.1 Å². The summed E-state index contributed by atoms with van der Waals surface area (Å²) >= 11 is 5.98. The van der Waals surface area contributed by atoms with Crippen molar-refractivity contribution in [2.45, 2.75) is 123 Å². The minimum Gasteiger partial charge on any atom is -0.402 e. The van der Waals surface area contributed by atoms with Crippen molar-refractivity contribution in [1.82, 2.24) is 16.0 Å². The monoisotopic (exact) mass is 662 g/mol. The van der Waals surface area contributed by atoms with E-state index in [9.17, 15) is 24.3 Å². The Morgan fingerprint density at radius 3 is 2.26 bits per heavy atom. The summed E-state index contributed by atoms with van der Waals surface area (Å²) in [5.74, 6) is -0.364. The van der Waals surface area contributed by atoms with E-state index in [1.165, 1.54) is 26.2 Å². The van der Waals surface area contributed by atoms with E-state index in [4.69, 9.17) is 21.8 Å². The fourth-order valence-corrected chi connectivity index (χ4v) is 5.27. The topological polar surface area (TPSA) is 192 Å². The Hall–Kier alpha value is -3.25. The van der Waals surface area contributed by atoms with Gasteiger partial charge in [0.2, 0.25) is 24.6 Å². The summed E-state index contributed by atoms with van der Waals surface area (Å²) < 4.78 is 0. The largest absolute Gasteiger partial charge is 0.402 e. The third-order valence-corrected chi connectivity index (χ3v) is 7.67. The highest BCUT2D eigenvalue weighted by molar-refractivity contribution is 6.40. The molecule has 2 rings (SSSR count). The lowest BCUT2D eigenvalue weighted by molar-refractivity contribution is -0.132. The van der Waals surface area contributed by atoms with Gasteiger partial charge >= 0.3 is 0 Å². The minimum atomic E-state index is -0.902. The zero-order valence-electron chi connectivity index (χ0n) is 28.2. The molecule has 1 fully saturated rings. The lowest BCUT2D eigenvalue weighted by Gasteiger charge is -2.32. The Bertz CT molecular complexity index is 1110. The third-order valence-electron chi connectivity index (χ3n) is 7.44. The molecule has 46 heavy (non-hydrogen) atoms. The van der Waals surface area contributed by atoms with E-state index in [0.717, 1.165) is 25.7 Å². The van der Waals surface area contributed by atoms with E-state index < -0.39 is 23.4 Å². The lowest BCUT2D eigenvalue weighted by Crippen LogP contribution is -2.56. The Kier molecular flexibility index (Phi) is 21.5. The van der Waals surface area contributed by atoms with E-state index in [0.29, 0.717) is 29.3 Å². The molecule has 1 saturated carbocycles. The maximum Gasteiger partial charge on any atom is 0.242 e. The van der Waals surface area contributed by atoms with Crippen LogP contribution in [0.15, 0.2) is 24.3 Å². The second kappa shape index (κ2) is 23.1. The number of carbonyl (C=O) groups is 5. The number of rotatable bonds is 15. The van der Waals surface area contributed by atoms with Gasteiger partial charge in [-0.2, -0.15) is 0 Å². The number of carbonyl (C=O) groups excluding carboxylic acids is 5. The second-order valence-corrected chi connectivity index (χ2v) is 13.1. The highest BCUT2D eigenvalue weighted by Crippen LogP contribution is 2.27. The Morgan fingerprint density at radius 2 is 1.76 bits per heavy atom. The summed E-state index contributed by atoms with van der Waals surface area (Å²) in [7, 11) is 1.60. The molecule has 4 atom stereocenters. The van der Waals surface area contributed by atoms with Crippen molar-refractivity contribution in [3.63, 3.8) is 0 Å². The molecule has 1 aromatic rings. The molecule has 13 heteroatoms. The molecule has 0 aliphatic heterocycles. The van der Waals surface area contributed by atoms with Crippen LogP contribution < -0.4 is 21.7 Å². The van der Waals surface area contributed by atoms with Gasteiger partial charge < -0.3 is 32.2 Å². The number of hydrogen-bond acceptors (Lipinski definition) is 7. The maximum atomic E-state index is 13.0. The second-order valence-electron chi connectivity index (χ2n) is 12.7. The Labute approximate surface area is 280 Å². The van der Waals surface area contributed by atoms with Crippen LogP contribution in [0.3, 0.4) is 0 Å². The van der Waals surface area contributed by atoms with Crippen molar-refractivity contribution < 1.29 is 29.1 Å². The van der Waals surface area contributed by atoms with E-state index >= 15 is 0 Å². The normalized spacial score (nSPS) is 15.5. The standard InChI is InChI=1S/C25H38BClN3O3.C7H13NO2.CH3NO/c1-16(26-21(31)15-20(28)18-11-8-12-19(27)14-18)29-24(33)23(25(2,3)4)30-22(32)13-17-9-6-5-7-10-17;1-3-4-7(6(2)10)8-5-9;2-1-3/h8,11-12,14,16-17,21,23,28,31H,5-7,9-10,13,15H2,1-4H3,(H,29,33)(H,30,32);5,7H,3-4H2,1-2H3,(H,8,9);1H,(H2,2,3). The van der Waals surface area contributed by atoms with Gasteiger partial charge in [0, 0.05) is 29.6 Å². The molecule has 0 spiro atoms. The van der Waals surface area contributed by atoms with Gasteiger partial charge in [0.05, 0.1) is 6.04 Å². The average Bonchev–Trinajstić information content (AvgIpc) is 2.96. The highest BCUT2D eigenvalue weighted by Gasteiger charge is 2.34. The molecule has 1 aromatic carbocycles. The SMILES string of the molecule is CC([B]C(O)CC(=N)c1cccc(Cl)c1)NC(=O)C(NC(=O)CC1CCCCC1)C(C)(C)C.CCCC(NC=O)C(C)=O.NC=O. The fraction of sp³-hybridized carbons (Fsp3) is 0.636. The van der Waals surface area contributed by atoms with Crippen LogP contribution in [0, 0.1) is 16.7 Å². The number of hydrogen-bond donors (Lipinski definition) is 6. The molecule has 0 aromatic heterocycles. The summed E-state index contributed by atoms with van der Waals surface area (Å²) in [5.41, 5.74) is 4.63. The van der Waals surface area contributed by atoms with Crippen LogP contribution in [0.4, 0.5) is 0 Å². The van der Waals surface area contributed by atoms with Crippen molar-refractivity contribution in [3.8, 4) is 0 Å². The first-order valence-electron chi connectivity index (χ1n) is 15.9. The number of ketones is 1. The first-order chi connectivity index (χ1) is 21.6. The summed E-state index contributed by atoms with van der Waals surface area (Å²) in [4.78, 5) is 54.9. The number of benzene rings is 1. The molecule has 11 nitrogen and oxygen atoms in total. The molecule has 1 radical (unpaired) electrons. The fourth-order valence-electron chi connectivity index (χ4n) is 5.08. The Balaban J connectivity index is 0.00000131. The van der Waals surface area contributed by atoms with Crippen molar-refractivity contribution in [2.24, 2.45) is 17.1 Å². The van der Waals surface area contributed by atoms with Crippen LogP contribution in [-0.2, 0) is 24.0 Å². The summed E-state index contributed by atoms with van der Waals surface area (Å²) in [6.45, 7) is 11.0. The number of primary amides is 1. The Morgan fingerprint density at radius 1 is 1.15 bits per heavy atom. The van der Waals surface area contributed by atoms with Gasteiger partial charge in [-0.15, -0.1) is 0 Å². The molecule has 4 unspecified atom stereocenters. The van der Waals surface area contributed by atoms with Crippen molar-refractivity contribution >= 4 is 55.0 Å². The number of nitrogens with two attached hydrogens (primary N) is 1. The van der Waals surface area contributed by atoms with E-state index in [1.807, 2.05) is 27.7 Å². The number of amides is 4. The summed E-state index contributed by atoms with van der Waals surface area (Å²) in [6.07, 6.45) is 8.77. The molecule has 1 aliphatic carbocycles. The maximum absolute atomic E-state index is 13.0. The predicted octanol–water partition coefficient (Wildman–Crippen LogP) is 3.68. The number of aliphatic hydroxyl groups is 1. The average molecular weight is 663 g/mol. The summed E-state index contributed by atoms with van der Waals surface area (Å²) in [6, 6.07) is 5.11. The predicted molar refractivity (Wildman–Crippen MR) is 184 cm³/mol. The first kappa shape index (κ1) is 42.8. The zero-order chi connectivity index (χ0) is 35.3. The van der Waals surface area contributed by atoms with Gasteiger partial charge in [0.1, 0.15) is 6.04 Å². The molecular formula is C33H54BClN5O6. The molecule has 0 saturated heterocycles. The number of halogens is 1.